The number of alkyl halides is 3. The average molecular weight is 572 g/mol. The highest BCUT2D eigenvalue weighted by Gasteiger charge is 2.46. The van der Waals surface area contributed by atoms with Crippen LogP contribution in [0.4, 0.5) is 13.2 Å². The monoisotopic (exact) mass is 571 g/mol. The summed E-state index contributed by atoms with van der Waals surface area (Å²) in [6, 6.07) is 13.8. The summed E-state index contributed by atoms with van der Waals surface area (Å²) >= 11 is 13.2. The van der Waals surface area contributed by atoms with Gasteiger partial charge in [0.05, 0.1) is 12.2 Å². The molecule has 0 aromatic heterocycles. The van der Waals surface area contributed by atoms with E-state index in [1.54, 1.807) is 36.1 Å². The summed E-state index contributed by atoms with van der Waals surface area (Å²) in [5.74, 6) is -3.58. The van der Waals surface area contributed by atoms with Crippen molar-refractivity contribution in [3.8, 4) is 0 Å². The fraction of sp³-hybridized carbons (Fsp3) is 0.320. The van der Waals surface area contributed by atoms with Gasteiger partial charge in [0, 0.05) is 34.0 Å². The topological polar surface area (TPSA) is 71.0 Å². The number of hydrogen-bond donors (Lipinski definition) is 1. The van der Waals surface area contributed by atoms with E-state index in [-0.39, 0.29) is 11.6 Å². The van der Waals surface area contributed by atoms with E-state index in [0.717, 1.165) is 11.1 Å². The average Bonchev–Trinajstić information content (AvgIpc) is 3.46. The second-order valence-electron chi connectivity index (χ2n) is 8.55. The van der Waals surface area contributed by atoms with Crippen molar-refractivity contribution in [2.45, 2.75) is 37.6 Å². The van der Waals surface area contributed by atoms with Crippen LogP contribution < -0.4 is 5.32 Å². The number of benzene rings is 2. The van der Waals surface area contributed by atoms with Crippen LogP contribution in [0.25, 0.3) is 0 Å². The van der Waals surface area contributed by atoms with Gasteiger partial charge in [-0.05, 0) is 48.7 Å². The van der Waals surface area contributed by atoms with Crippen LogP contribution in [-0.4, -0.2) is 53.4 Å². The molecular formula is C25H22Cl2F3N3O3S. The molecule has 196 valence electrons. The number of amides is 1. The number of amidine groups is 1. The third-order valence-electron chi connectivity index (χ3n) is 6.00. The van der Waals surface area contributed by atoms with Gasteiger partial charge >= 0.3 is 12.1 Å². The van der Waals surface area contributed by atoms with Crippen LogP contribution in [0.15, 0.2) is 64.6 Å². The van der Waals surface area contributed by atoms with E-state index in [0.29, 0.717) is 34.7 Å². The van der Waals surface area contributed by atoms with Crippen LogP contribution in [0.1, 0.15) is 24.0 Å². The Kier molecular flexibility index (Phi) is 8.40. The summed E-state index contributed by atoms with van der Waals surface area (Å²) in [7, 11) is 0. The molecule has 3 atom stereocenters. The Morgan fingerprint density at radius 2 is 1.73 bits per heavy atom. The minimum atomic E-state index is -5.25. The molecule has 12 heteroatoms. The molecule has 0 bridgehead atoms. The molecule has 2 aliphatic heterocycles. The highest BCUT2D eigenvalue weighted by Crippen LogP contribution is 2.34. The lowest BCUT2D eigenvalue weighted by Gasteiger charge is -2.29. The zero-order valence-corrected chi connectivity index (χ0v) is 21.8. The molecule has 0 saturated carbocycles. The molecule has 0 aliphatic carbocycles. The Morgan fingerprint density at radius 3 is 2.35 bits per heavy atom. The Bertz CT molecular complexity index is 1220. The van der Waals surface area contributed by atoms with Crippen molar-refractivity contribution in [3.05, 3.63) is 80.8 Å². The van der Waals surface area contributed by atoms with Gasteiger partial charge in [0.1, 0.15) is 0 Å². The standard InChI is InChI=1S/C25H22Cl2F3N3O3S/c1-14(19(16-4-8-18(27)9-5-16)12-15-2-6-17(26)7-3-15)32-22(34)21(36-23(35)25(28,29)30)20-13-37-24-31-10-11-33(20)24/h2-9,13-14,19,21H,10-12H2,1H3,(H,32,34). The number of halogens is 5. The number of nitrogens with zero attached hydrogens (tertiary/aromatic N) is 2. The molecule has 0 spiro atoms. The number of hydrogen-bond acceptors (Lipinski definition) is 6. The van der Waals surface area contributed by atoms with Crippen molar-refractivity contribution >= 4 is 52.0 Å². The van der Waals surface area contributed by atoms with Crippen LogP contribution in [0.2, 0.25) is 10.0 Å². The second-order valence-corrected chi connectivity index (χ2v) is 10.3. The molecule has 0 radical (unpaired) electrons. The van der Waals surface area contributed by atoms with Crippen LogP contribution in [0, 0.1) is 0 Å². The fourth-order valence-electron chi connectivity index (χ4n) is 4.14. The van der Waals surface area contributed by atoms with Crippen molar-refractivity contribution < 1.29 is 27.5 Å². The molecule has 4 rings (SSSR count). The minimum absolute atomic E-state index is 0.143. The van der Waals surface area contributed by atoms with Crippen molar-refractivity contribution in [1.82, 2.24) is 10.2 Å². The third kappa shape index (κ3) is 6.61. The number of esters is 1. The van der Waals surface area contributed by atoms with Gasteiger partial charge in [0.15, 0.2) is 5.17 Å². The summed E-state index contributed by atoms with van der Waals surface area (Å²) in [4.78, 5) is 30.9. The number of carbonyl (C=O) groups is 2. The largest absolute Gasteiger partial charge is 0.490 e. The predicted octanol–water partition coefficient (Wildman–Crippen LogP) is 5.56. The number of nitrogens with one attached hydrogen (secondary N) is 1. The number of carbonyl (C=O) groups excluding carboxylic acids is 2. The molecule has 0 saturated heterocycles. The molecule has 2 heterocycles. The van der Waals surface area contributed by atoms with E-state index < -0.39 is 30.2 Å². The first kappa shape index (κ1) is 27.3. The summed E-state index contributed by atoms with van der Waals surface area (Å²) in [5.41, 5.74) is 1.95. The maximum absolute atomic E-state index is 13.4. The lowest BCUT2D eigenvalue weighted by atomic mass is 9.86. The predicted molar refractivity (Wildman–Crippen MR) is 138 cm³/mol. The van der Waals surface area contributed by atoms with Gasteiger partial charge < -0.3 is 15.0 Å². The second kappa shape index (κ2) is 11.4. The summed E-state index contributed by atoms with van der Waals surface area (Å²) in [6.07, 6.45) is -6.55. The van der Waals surface area contributed by atoms with Crippen LogP contribution in [0.5, 0.6) is 0 Å². The van der Waals surface area contributed by atoms with Crippen molar-refractivity contribution in [2.24, 2.45) is 4.99 Å². The van der Waals surface area contributed by atoms with Crippen LogP contribution >= 0.6 is 35.0 Å². The maximum Gasteiger partial charge on any atom is 0.490 e. The van der Waals surface area contributed by atoms with Crippen molar-refractivity contribution in [2.75, 3.05) is 13.1 Å². The number of thioether (sulfide) groups is 1. The highest BCUT2D eigenvalue weighted by atomic mass is 35.5. The Balaban J connectivity index is 1.58. The zero-order valence-electron chi connectivity index (χ0n) is 19.5. The van der Waals surface area contributed by atoms with Gasteiger partial charge in [-0.25, -0.2) is 4.79 Å². The van der Waals surface area contributed by atoms with E-state index in [1.165, 1.54) is 17.2 Å². The fourth-order valence-corrected chi connectivity index (χ4v) is 5.36. The Labute approximate surface area is 225 Å². The van der Waals surface area contributed by atoms with E-state index in [2.05, 4.69) is 10.3 Å². The van der Waals surface area contributed by atoms with E-state index in [9.17, 15) is 22.8 Å². The van der Waals surface area contributed by atoms with Crippen molar-refractivity contribution in [1.29, 1.82) is 0 Å². The molecule has 37 heavy (non-hydrogen) atoms. The molecule has 2 aromatic carbocycles. The first-order valence-electron chi connectivity index (χ1n) is 11.3. The number of rotatable bonds is 8. The van der Waals surface area contributed by atoms with Gasteiger partial charge in [0.25, 0.3) is 5.91 Å². The van der Waals surface area contributed by atoms with Crippen LogP contribution in [-0.2, 0) is 20.7 Å². The quantitative estimate of drug-likeness (QED) is 0.420. The van der Waals surface area contributed by atoms with E-state index in [4.69, 9.17) is 27.9 Å². The minimum Gasteiger partial charge on any atom is -0.439 e. The number of fused-ring (bicyclic) bond motifs is 1. The lowest BCUT2D eigenvalue weighted by Crippen LogP contribution is -2.48. The molecule has 6 nitrogen and oxygen atoms in total. The summed E-state index contributed by atoms with van der Waals surface area (Å²) < 4.78 is 43.9. The summed E-state index contributed by atoms with van der Waals surface area (Å²) in [6.45, 7) is 2.55. The maximum atomic E-state index is 13.4. The zero-order chi connectivity index (χ0) is 26.7. The molecule has 2 aliphatic rings. The van der Waals surface area contributed by atoms with Gasteiger partial charge in [-0.1, -0.05) is 59.2 Å². The van der Waals surface area contributed by atoms with Gasteiger partial charge in [0.2, 0.25) is 6.10 Å². The molecular weight excluding hydrogens is 550 g/mol. The van der Waals surface area contributed by atoms with Crippen LogP contribution in [0.3, 0.4) is 0 Å². The van der Waals surface area contributed by atoms with E-state index in [1.807, 2.05) is 24.3 Å². The Morgan fingerprint density at radius 1 is 1.11 bits per heavy atom. The lowest BCUT2D eigenvalue weighted by molar-refractivity contribution is -0.204. The van der Waals surface area contributed by atoms with E-state index >= 15 is 0 Å². The van der Waals surface area contributed by atoms with Gasteiger partial charge in [-0.2, -0.15) is 13.2 Å². The molecule has 1 amide bonds. The SMILES string of the molecule is CC(NC(=O)C(OC(=O)C(F)(F)F)C1=CSC2=NCCN12)C(Cc1ccc(Cl)cc1)c1ccc(Cl)cc1. The Hall–Kier alpha value is -2.69. The number of ether oxygens (including phenoxy) is 1. The van der Waals surface area contributed by atoms with Gasteiger partial charge in [-0.3, -0.25) is 9.79 Å². The first-order chi connectivity index (χ1) is 17.5. The van der Waals surface area contributed by atoms with Crippen molar-refractivity contribution in [3.63, 3.8) is 0 Å². The smallest absolute Gasteiger partial charge is 0.439 e. The highest BCUT2D eigenvalue weighted by molar-refractivity contribution is 8.16. The summed E-state index contributed by atoms with van der Waals surface area (Å²) in [5, 5.41) is 5.93. The number of aliphatic imine (C=N–C) groups is 1. The normalized spacial score (nSPS) is 17.4. The molecule has 0 fully saturated rings. The molecule has 3 unspecified atom stereocenters. The molecule has 2 aromatic rings. The first-order valence-corrected chi connectivity index (χ1v) is 12.9. The third-order valence-corrected chi connectivity index (χ3v) is 7.43. The van der Waals surface area contributed by atoms with Gasteiger partial charge in [-0.15, -0.1) is 0 Å². The molecule has 1 N–H and O–H groups in total.